The summed E-state index contributed by atoms with van der Waals surface area (Å²) < 4.78 is 76.6. The molecule has 24 heavy (non-hydrogen) atoms. The van der Waals surface area contributed by atoms with Gasteiger partial charge in [-0.15, -0.1) is 0 Å². The minimum Gasteiger partial charge on any atom is -0.350 e. The molecule has 1 saturated heterocycles. The summed E-state index contributed by atoms with van der Waals surface area (Å²) in [4.78, 5) is 19.1. The zero-order valence-corrected chi connectivity index (χ0v) is 12.4. The van der Waals surface area contributed by atoms with E-state index in [2.05, 4.69) is 15.3 Å². The van der Waals surface area contributed by atoms with Crippen LogP contribution in [-0.4, -0.2) is 45.6 Å². The summed E-state index contributed by atoms with van der Waals surface area (Å²) in [5.74, 6) is -1.10. The van der Waals surface area contributed by atoms with Crippen LogP contribution in [0.5, 0.6) is 0 Å². The van der Waals surface area contributed by atoms with Gasteiger partial charge >= 0.3 is 12.4 Å². The lowest BCUT2D eigenvalue weighted by Crippen LogP contribution is -2.55. The number of carbonyl (C=O) groups is 1. The second-order valence-corrected chi connectivity index (χ2v) is 5.41. The Hall–Kier alpha value is -2.07. The smallest absolute Gasteiger partial charge is 0.350 e. The fourth-order valence-electron chi connectivity index (χ4n) is 2.55. The third-order valence-corrected chi connectivity index (χ3v) is 3.64. The number of carbonyl (C=O) groups excluding carboxylic acids is 1. The zero-order chi connectivity index (χ0) is 18.1. The number of nitrogens with zero attached hydrogens (tertiary/aromatic N) is 3. The molecule has 2 heterocycles. The predicted octanol–water partition coefficient (Wildman–Crippen LogP) is 2.85. The van der Waals surface area contributed by atoms with Crippen LogP contribution in [0, 0.1) is 0 Å². The largest absolute Gasteiger partial charge is 0.433 e. The number of hydrogen-bond acceptors (Lipinski definition) is 4. The van der Waals surface area contributed by atoms with Crippen molar-refractivity contribution in [2.75, 3.05) is 11.9 Å². The molecular formula is C13H14F6N4O. The van der Waals surface area contributed by atoms with Crippen molar-refractivity contribution in [2.45, 2.75) is 44.2 Å². The lowest BCUT2D eigenvalue weighted by Gasteiger charge is -2.40. The highest BCUT2D eigenvalue weighted by Crippen LogP contribution is 2.33. The molecule has 1 amide bonds. The average Bonchev–Trinajstić information content (AvgIpc) is 2.45. The number of anilines is 1. The third-order valence-electron chi connectivity index (χ3n) is 3.64. The number of hydrogen-bond donors (Lipinski definition) is 1. The zero-order valence-electron chi connectivity index (χ0n) is 12.4. The van der Waals surface area contributed by atoms with Crippen LogP contribution >= 0.6 is 0 Å². The number of likely N-dealkylation sites (tertiary alicyclic amines) is 1. The number of amides is 1. The first kappa shape index (κ1) is 18.3. The van der Waals surface area contributed by atoms with Gasteiger partial charge < -0.3 is 10.2 Å². The van der Waals surface area contributed by atoms with Gasteiger partial charge in [0.1, 0.15) is 11.7 Å². The number of nitrogens with one attached hydrogen (secondary N) is 1. The molecule has 0 radical (unpaired) electrons. The highest BCUT2D eigenvalue weighted by atomic mass is 19.4. The molecule has 1 aromatic heterocycles. The topological polar surface area (TPSA) is 58.1 Å². The highest BCUT2D eigenvalue weighted by Gasteiger charge is 2.47. The molecule has 0 bridgehead atoms. The van der Waals surface area contributed by atoms with Gasteiger partial charge in [-0.05, 0) is 18.9 Å². The van der Waals surface area contributed by atoms with Crippen LogP contribution in [0.25, 0.3) is 0 Å². The molecule has 1 aliphatic heterocycles. The van der Waals surface area contributed by atoms with Gasteiger partial charge in [-0.25, -0.2) is 9.97 Å². The van der Waals surface area contributed by atoms with E-state index in [9.17, 15) is 31.1 Å². The fraction of sp³-hybridized carbons (Fsp3) is 0.615. The van der Waals surface area contributed by atoms with Crippen LogP contribution in [0.2, 0.25) is 0 Å². The summed E-state index contributed by atoms with van der Waals surface area (Å²) in [6.45, 7) is 0.723. The molecule has 1 aliphatic rings. The van der Waals surface area contributed by atoms with Crippen LogP contribution in [-0.2, 0) is 11.0 Å². The lowest BCUT2D eigenvalue weighted by atomic mass is 9.97. The molecule has 0 spiro atoms. The molecule has 5 nitrogen and oxygen atoms in total. The van der Waals surface area contributed by atoms with Crippen molar-refractivity contribution in [1.29, 1.82) is 0 Å². The fourth-order valence-corrected chi connectivity index (χ4v) is 2.55. The first-order valence-electron chi connectivity index (χ1n) is 6.99. The SMILES string of the molecule is CC(=O)N1CC(Nc2nccc(C(F)(F)F)n2)CCC1C(F)(F)F. The lowest BCUT2D eigenvalue weighted by molar-refractivity contribution is -0.195. The Morgan fingerprint density at radius 3 is 2.46 bits per heavy atom. The Kier molecular flexibility index (Phi) is 4.90. The van der Waals surface area contributed by atoms with Crippen LogP contribution in [0.1, 0.15) is 25.5 Å². The Labute approximate surface area is 133 Å². The van der Waals surface area contributed by atoms with Gasteiger partial charge in [0.05, 0.1) is 0 Å². The molecule has 1 N–H and O–H groups in total. The van der Waals surface area contributed by atoms with E-state index in [0.717, 1.165) is 13.1 Å². The van der Waals surface area contributed by atoms with Crippen molar-refractivity contribution in [2.24, 2.45) is 0 Å². The first-order chi connectivity index (χ1) is 11.0. The molecule has 0 saturated carbocycles. The Balaban J connectivity index is 2.11. The molecule has 0 aromatic carbocycles. The number of piperidine rings is 1. The first-order valence-corrected chi connectivity index (χ1v) is 6.99. The minimum absolute atomic E-state index is 0.0214. The quantitative estimate of drug-likeness (QED) is 0.828. The Bertz CT molecular complexity index is 603. The summed E-state index contributed by atoms with van der Waals surface area (Å²) in [6.07, 6.45) is -8.63. The van der Waals surface area contributed by atoms with Gasteiger partial charge in [-0.3, -0.25) is 4.79 Å². The van der Waals surface area contributed by atoms with Crippen molar-refractivity contribution in [3.05, 3.63) is 18.0 Å². The van der Waals surface area contributed by atoms with Crippen molar-refractivity contribution < 1.29 is 31.1 Å². The summed E-state index contributed by atoms with van der Waals surface area (Å²) in [7, 11) is 0. The van der Waals surface area contributed by atoms with Gasteiger partial charge in [-0.1, -0.05) is 0 Å². The maximum Gasteiger partial charge on any atom is 0.433 e. The van der Waals surface area contributed by atoms with Crippen LogP contribution in [0.3, 0.4) is 0 Å². The van der Waals surface area contributed by atoms with Gasteiger partial charge in [0.25, 0.3) is 0 Å². The van der Waals surface area contributed by atoms with Gasteiger partial charge in [0.2, 0.25) is 11.9 Å². The van der Waals surface area contributed by atoms with E-state index < -0.39 is 36.0 Å². The third kappa shape index (κ3) is 4.26. The van der Waals surface area contributed by atoms with Crippen LogP contribution in [0.4, 0.5) is 32.3 Å². The van der Waals surface area contributed by atoms with Gasteiger partial charge in [0.15, 0.2) is 0 Å². The molecule has 2 rings (SSSR count). The molecule has 1 fully saturated rings. The van der Waals surface area contributed by atoms with E-state index >= 15 is 0 Å². The summed E-state index contributed by atoms with van der Waals surface area (Å²) in [5.41, 5.74) is -1.16. The molecular weight excluding hydrogens is 342 g/mol. The minimum atomic E-state index is -4.65. The van der Waals surface area contributed by atoms with Gasteiger partial charge in [0, 0.05) is 25.7 Å². The van der Waals surface area contributed by atoms with E-state index in [1.54, 1.807) is 0 Å². The van der Waals surface area contributed by atoms with Crippen molar-refractivity contribution in [3.8, 4) is 0 Å². The Morgan fingerprint density at radius 1 is 1.25 bits per heavy atom. The summed E-state index contributed by atoms with van der Waals surface area (Å²) >= 11 is 0. The predicted molar refractivity (Wildman–Crippen MR) is 70.9 cm³/mol. The normalized spacial score (nSPS) is 22.4. The molecule has 2 unspecified atom stereocenters. The molecule has 1 aromatic rings. The second kappa shape index (κ2) is 6.44. The highest BCUT2D eigenvalue weighted by molar-refractivity contribution is 5.74. The number of rotatable bonds is 2. The van der Waals surface area contributed by atoms with E-state index in [1.807, 2.05) is 0 Å². The van der Waals surface area contributed by atoms with Gasteiger partial charge in [-0.2, -0.15) is 26.3 Å². The summed E-state index contributed by atoms with van der Waals surface area (Å²) in [6, 6.07) is -1.88. The van der Waals surface area contributed by atoms with Crippen LogP contribution < -0.4 is 5.32 Å². The van der Waals surface area contributed by atoms with E-state index in [-0.39, 0.29) is 25.3 Å². The van der Waals surface area contributed by atoms with E-state index in [0.29, 0.717) is 11.0 Å². The maximum atomic E-state index is 12.9. The van der Waals surface area contributed by atoms with E-state index in [1.165, 1.54) is 0 Å². The van der Waals surface area contributed by atoms with Crippen molar-refractivity contribution in [3.63, 3.8) is 0 Å². The molecule has 134 valence electrons. The molecule has 11 heteroatoms. The van der Waals surface area contributed by atoms with Crippen molar-refractivity contribution >= 4 is 11.9 Å². The number of alkyl halides is 6. The average molecular weight is 356 g/mol. The van der Waals surface area contributed by atoms with E-state index in [4.69, 9.17) is 0 Å². The number of aromatic nitrogens is 2. The molecule has 0 aliphatic carbocycles. The van der Waals surface area contributed by atoms with Crippen molar-refractivity contribution in [1.82, 2.24) is 14.9 Å². The Morgan fingerprint density at radius 2 is 1.92 bits per heavy atom. The standard InChI is InChI=1S/C13H14F6N4O/c1-7(24)23-6-8(2-3-10(23)13(17,18)19)21-11-20-5-4-9(22-11)12(14,15)16/h4-5,8,10H,2-3,6H2,1H3,(H,20,21,22). The van der Waals surface area contributed by atoms with Crippen LogP contribution in [0.15, 0.2) is 12.3 Å². The monoisotopic (exact) mass is 356 g/mol. The number of halogens is 6. The summed E-state index contributed by atoms with van der Waals surface area (Å²) in [5, 5.41) is 2.57. The second-order valence-electron chi connectivity index (χ2n) is 5.41. The maximum absolute atomic E-state index is 12.9. The molecule has 2 atom stereocenters.